The highest BCUT2D eigenvalue weighted by Gasteiger charge is 2.68. The van der Waals surface area contributed by atoms with E-state index in [0.29, 0.717) is 36.0 Å². The zero-order valence-electron chi connectivity index (χ0n) is 35.2. The Morgan fingerprint density at radius 2 is 1.44 bits per heavy atom. The Morgan fingerprint density at radius 3 is 2.00 bits per heavy atom. The number of amides is 3. The summed E-state index contributed by atoms with van der Waals surface area (Å²) in [5.74, 6) is -0.737. The fourth-order valence-corrected chi connectivity index (χ4v) is 8.96. The number of hydrogen-bond donors (Lipinski definition) is 3. The fourth-order valence-electron chi connectivity index (χ4n) is 8.96. The maximum Gasteiger partial charge on any atom is 0.482 e. The summed E-state index contributed by atoms with van der Waals surface area (Å²) in [7, 11) is 0.736. The molecule has 4 aliphatic carbocycles. The molecule has 306 valence electrons. The topological polar surface area (TPSA) is 160 Å². The van der Waals surface area contributed by atoms with Crippen molar-refractivity contribution in [2.45, 2.75) is 168 Å². The lowest BCUT2D eigenvalue weighted by atomic mass is 9.43. The SMILES string of the molecule is COc1c(C[C@H](NC(=O)[C@H]2CC[C@@H](NC(=O)OC(C)(C)C)[C@H](NC(=O)OC(C)(C)C)C2)B2OC3CC4CC(C4(C)C)C3(C)O2)cccc1C(=O)OC(C)(C)C. The second kappa shape index (κ2) is 15.4. The molecule has 1 saturated heterocycles. The Balaban J connectivity index is 1.40. The molecule has 1 aliphatic heterocycles. The number of ether oxygens (including phenoxy) is 4. The molecular weight excluding hydrogens is 705 g/mol. The normalized spacial score (nSPS) is 29.1. The summed E-state index contributed by atoms with van der Waals surface area (Å²) in [4.78, 5) is 53.5. The first-order chi connectivity index (χ1) is 25.3. The molecule has 0 spiro atoms. The molecule has 13 nitrogen and oxygen atoms in total. The number of para-hydroxylation sites is 1. The van der Waals surface area contributed by atoms with E-state index in [0.717, 1.165) is 12.8 Å². The molecule has 1 aromatic rings. The lowest BCUT2D eigenvalue weighted by molar-refractivity contribution is -0.199. The molecule has 4 saturated carbocycles. The minimum atomic E-state index is -0.773. The van der Waals surface area contributed by atoms with Gasteiger partial charge >= 0.3 is 25.3 Å². The minimum absolute atomic E-state index is 0.120. The molecule has 5 fully saturated rings. The third-order valence-corrected chi connectivity index (χ3v) is 11.6. The summed E-state index contributed by atoms with van der Waals surface area (Å²) in [5.41, 5.74) is -1.61. The van der Waals surface area contributed by atoms with Crippen molar-refractivity contribution in [2.75, 3.05) is 7.11 Å². The third kappa shape index (κ3) is 9.90. The van der Waals surface area contributed by atoms with E-state index in [1.807, 2.05) is 26.8 Å². The van der Waals surface area contributed by atoms with E-state index in [2.05, 4.69) is 36.7 Å². The van der Waals surface area contributed by atoms with Crippen LogP contribution in [0.1, 0.15) is 131 Å². The van der Waals surface area contributed by atoms with Crippen LogP contribution >= 0.6 is 0 Å². The summed E-state index contributed by atoms with van der Waals surface area (Å²) >= 11 is 0. The molecule has 1 heterocycles. The molecule has 55 heavy (non-hydrogen) atoms. The quantitative estimate of drug-likeness (QED) is 0.143. The van der Waals surface area contributed by atoms with Gasteiger partial charge in [0.05, 0.1) is 36.8 Å². The molecule has 0 radical (unpaired) electrons. The number of carbonyl (C=O) groups is 4. The van der Waals surface area contributed by atoms with Crippen LogP contribution in [0.5, 0.6) is 5.75 Å². The lowest BCUT2D eigenvalue weighted by Crippen LogP contribution is -2.65. The number of alkyl carbamates (subject to hydrolysis) is 2. The van der Waals surface area contributed by atoms with Crippen LogP contribution in [0, 0.1) is 23.2 Å². The van der Waals surface area contributed by atoms with Gasteiger partial charge in [0.2, 0.25) is 5.91 Å². The third-order valence-electron chi connectivity index (χ3n) is 11.6. The summed E-state index contributed by atoms with van der Waals surface area (Å²) in [5, 5.41) is 9.09. The number of methoxy groups -OCH3 is 1. The fraction of sp³-hybridized carbons (Fsp3) is 0.756. The molecule has 5 aliphatic rings. The van der Waals surface area contributed by atoms with E-state index in [1.54, 1.807) is 53.7 Å². The van der Waals surface area contributed by atoms with Gasteiger partial charge in [0, 0.05) is 5.92 Å². The van der Waals surface area contributed by atoms with Gasteiger partial charge in [0.1, 0.15) is 28.1 Å². The Bertz CT molecular complexity index is 1610. The zero-order chi connectivity index (χ0) is 40.9. The van der Waals surface area contributed by atoms with Gasteiger partial charge in [0.25, 0.3) is 0 Å². The van der Waals surface area contributed by atoms with Crippen molar-refractivity contribution >= 4 is 31.2 Å². The molecule has 3 N–H and O–H groups in total. The first kappa shape index (κ1) is 42.6. The smallest absolute Gasteiger partial charge is 0.482 e. The first-order valence-corrected chi connectivity index (χ1v) is 19.8. The summed E-state index contributed by atoms with van der Waals surface area (Å²) in [6.45, 7) is 22.8. The lowest BCUT2D eigenvalue weighted by Gasteiger charge is -2.64. The Labute approximate surface area is 327 Å². The molecule has 3 amide bonds. The number of rotatable bonds is 9. The molecular formula is C41H64BN3O10. The van der Waals surface area contributed by atoms with Crippen LogP contribution in [0.25, 0.3) is 0 Å². The zero-order valence-corrected chi connectivity index (χ0v) is 35.2. The number of nitrogens with one attached hydrogen (secondary N) is 3. The number of carbonyl (C=O) groups excluding carboxylic acids is 4. The predicted molar refractivity (Wildman–Crippen MR) is 208 cm³/mol. The Hall–Kier alpha value is -3.52. The Kier molecular flexibility index (Phi) is 12.0. The highest BCUT2D eigenvalue weighted by atomic mass is 16.7. The van der Waals surface area contributed by atoms with Crippen LogP contribution in [-0.2, 0) is 34.7 Å². The van der Waals surface area contributed by atoms with Crippen LogP contribution in [0.2, 0.25) is 0 Å². The van der Waals surface area contributed by atoms with Crippen LogP contribution in [0.3, 0.4) is 0 Å². The van der Waals surface area contributed by atoms with Gasteiger partial charge < -0.3 is 44.2 Å². The standard InChI is InChI=1S/C41H64BN3O10/c1-37(2,3)51-34(47)26-16-14-15-23(32(26)50-13)20-31(42-54-30-22-25-21-29(40(25,10)11)41(30,12)55-42)45-33(46)24-17-18-27(43-35(48)52-38(4,5)6)28(19-24)44-36(49)53-39(7,8)9/h14-16,24-25,27-31H,17-22H2,1-13H3,(H,43,48)(H,44,49)(H,45,46)/t24-,25?,27+,28+,29?,30?,31-,41?/m0/s1. The second-order valence-corrected chi connectivity index (χ2v) is 19.7. The highest BCUT2D eigenvalue weighted by Crippen LogP contribution is 2.65. The summed E-state index contributed by atoms with van der Waals surface area (Å²) in [6.07, 6.45) is 1.90. The van der Waals surface area contributed by atoms with E-state index in [-0.39, 0.29) is 35.8 Å². The van der Waals surface area contributed by atoms with Gasteiger partial charge in [0.15, 0.2) is 0 Å². The maximum absolute atomic E-state index is 14.4. The molecule has 14 heteroatoms. The molecule has 2 bridgehead atoms. The number of hydrogen-bond acceptors (Lipinski definition) is 10. The largest absolute Gasteiger partial charge is 0.496 e. The van der Waals surface area contributed by atoms with Crippen molar-refractivity contribution in [3.8, 4) is 5.75 Å². The highest BCUT2D eigenvalue weighted by molar-refractivity contribution is 6.48. The van der Waals surface area contributed by atoms with Crippen molar-refractivity contribution in [1.82, 2.24) is 16.0 Å². The predicted octanol–water partition coefficient (Wildman–Crippen LogP) is 6.53. The van der Waals surface area contributed by atoms with Crippen molar-refractivity contribution in [3.63, 3.8) is 0 Å². The summed E-state index contributed by atoms with van der Waals surface area (Å²) in [6, 6.07) is 4.19. The number of esters is 1. The van der Waals surface area contributed by atoms with Crippen molar-refractivity contribution < 1.29 is 47.4 Å². The average molecular weight is 770 g/mol. The average Bonchev–Trinajstić information content (AvgIpc) is 3.39. The van der Waals surface area contributed by atoms with E-state index in [9.17, 15) is 19.2 Å². The van der Waals surface area contributed by atoms with Crippen molar-refractivity contribution in [2.24, 2.45) is 23.2 Å². The molecule has 8 atom stereocenters. The minimum Gasteiger partial charge on any atom is -0.496 e. The van der Waals surface area contributed by atoms with Gasteiger partial charge in [-0.3, -0.25) is 4.79 Å². The van der Waals surface area contributed by atoms with E-state index >= 15 is 0 Å². The molecule has 1 aromatic carbocycles. The molecule has 6 rings (SSSR count). The van der Waals surface area contributed by atoms with Gasteiger partial charge in [-0.25, -0.2) is 14.4 Å². The van der Waals surface area contributed by atoms with Gasteiger partial charge in [-0.1, -0.05) is 26.0 Å². The van der Waals surface area contributed by atoms with Crippen LogP contribution in [0.4, 0.5) is 9.59 Å². The first-order valence-electron chi connectivity index (χ1n) is 19.8. The van der Waals surface area contributed by atoms with Crippen molar-refractivity contribution in [1.29, 1.82) is 0 Å². The van der Waals surface area contributed by atoms with Gasteiger partial charge in [-0.05, 0) is 137 Å². The monoisotopic (exact) mass is 769 g/mol. The molecule has 4 unspecified atom stereocenters. The van der Waals surface area contributed by atoms with E-state index in [1.165, 1.54) is 7.11 Å². The second-order valence-electron chi connectivity index (χ2n) is 19.7. The van der Waals surface area contributed by atoms with Crippen LogP contribution in [0.15, 0.2) is 18.2 Å². The Morgan fingerprint density at radius 1 is 0.836 bits per heavy atom. The van der Waals surface area contributed by atoms with E-state index < -0.39 is 71.6 Å². The van der Waals surface area contributed by atoms with Crippen molar-refractivity contribution in [3.05, 3.63) is 29.3 Å². The van der Waals surface area contributed by atoms with Crippen LogP contribution < -0.4 is 20.7 Å². The number of benzene rings is 1. The summed E-state index contributed by atoms with van der Waals surface area (Å²) < 4.78 is 36.2. The van der Waals surface area contributed by atoms with Gasteiger partial charge in [-0.2, -0.15) is 0 Å². The molecule has 0 aromatic heterocycles. The maximum atomic E-state index is 14.4. The van der Waals surface area contributed by atoms with Crippen LogP contribution in [-0.4, -0.2) is 84.8 Å². The van der Waals surface area contributed by atoms with E-state index in [4.69, 9.17) is 28.3 Å². The van der Waals surface area contributed by atoms with Gasteiger partial charge in [-0.15, -0.1) is 0 Å².